The summed E-state index contributed by atoms with van der Waals surface area (Å²) in [7, 11) is 0. The predicted molar refractivity (Wildman–Crippen MR) is 98.6 cm³/mol. The van der Waals surface area contributed by atoms with Gasteiger partial charge in [0.05, 0.1) is 6.61 Å². The second-order valence-corrected chi connectivity index (χ2v) is 6.68. The second kappa shape index (κ2) is 8.75. The largest absolute Gasteiger partial charge is 0.484 e. The van der Waals surface area contributed by atoms with E-state index in [9.17, 15) is 14.4 Å². The van der Waals surface area contributed by atoms with Gasteiger partial charge in [0.15, 0.2) is 6.61 Å². The molecule has 8 heteroatoms. The second-order valence-electron chi connectivity index (χ2n) is 6.68. The van der Waals surface area contributed by atoms with Crippen LogP contribution >= 0.6 is 0 Å². The molecule has 3 amide bonds. The molecule has 1 aromatic carbocycles. The number of likely N-dealkylation sites (tertiary alicyclic amines) is 1. The molecular formula is C19H25N3O5. The third-order valence-corrected chi connectivity index (χ3v) is 4.73. The smallest absolute Gasteiger partial charge is 0.409 e. The molecular weight excluding hydrogens is 350 g/mol. The molecule has 2 heterocycles. The molecule has 1 saturated heterocycles. The van der Waals surface area contributed by atoms with Crippen molar-refractivity contribution >= 4 is 23.6 Å². The van der Waals surface area contributed by atoms with Gasteiger partial charge in [-0.1, -0.05) is 0 Å². The van der Waals surface area contributed by atoms with E-state index < -0.39 is 0 Å². The zero-order valence-corrected chi connectivity index (χ0v) is 15.5. The number of benzene rings is 1. The number of hydrogen-bond donors (Lipinski definition) is 2. The Hall–Kier alpha value is -2.77. The molecule has 0 bridgehead atoms. The van der Waals surface area contributed by atoms with Crippen LogP contribution in [0.25, 0.3) is 0 Å². The third kappa shape index (κ3) is 5.12. The van der Waals surface area contributed by atoms with Crippen molar-refractivity contribution in [3.8, 4) is 5.75 Å². The van der Waals surface area contributed by atoms with Gasteiger partial charge in [0, 0.05) is 31.2 Å². The number of anilines is 1. The molecule has 146 valence electrons. The summed E-state index contributed by atoms with van der Waals surface area (Å²) in [6.45, 7) is 3.22. The van der Waals surface area contributed by atoms with Crippen molar-refractivity contribution in [3.63, 3.8) is 0 Å². The van der Waals surface area contributed by atoms with Crippen molar-refractivity contribution in [2.45, 2.75) is 38.6 Å². The van der Waals surface area contributed by atoms with Crippen molar-refractivity contribution in [1.29, 1.82) is 0 Å². The molecule has 0 aromatic heterocycles. The summed E-state index contributed by atoms with van der Waals surface area (Å²) in [6, 6.07) is 5.44. The van der Waals surface area contributed by atoms with E-state index in [2.05, 4.69) is 10.6 Å². The average molecular weight is 375 g/mol. The molecule has 27 heavy (non-hydrogen) atoms. The fourth-order valence-electron chi connectivity index (χ4n) is 3.29. The molecule has 2 aliphatic rings. The minimum Gasteiger partial charge on any atom is -0.484 e. The monoisotopic (exact) mass is 375 g/mol. The molecule has 0 spiro atoms. The number of rotatable bonds is 5. The SMILES string of the molecule is CCOC(=O)N1CCC(NC(=O)COc2ccc3c(c2)CCC(=O)N3)CC1. The Kier molecular flexibility index (Phi) is 6.16. The standard InChI is InChI=1S/C19H25N3O5/c1-2-26-19(25)22-9-7-14(8-10-22)20-18(24)12-27-15-4-5-16-13(11-15)3-6-17(23)21-16/h4-5,11,14H,2-3,6-10,12H2,1H3,(H,20,24)(H,21,23). The van der Waals surface area contributed by atoms with Crippen LogP contribution in [0, 0.1) is 0 Å². The lowest BCUT2D eigenvalue weighted by atomic mass is 10.0. The van der Waals surface area contributed by atoms with Crippen LogP contribution < -0.4 is 15.4 Å². The van der Waals surface area contributed by atoms with Crippen molar-refractivity contribution in [3.05, 3.63) is 23.8 Å². The van der Waals surface area contributed by atoms with E-state index in [0.717, 1.165) is 11.3 Å². The fourth-order valence-corrected chi connectivity index (χ4v) is 3.29. The minimum absolute atomic E-state index is 0.0181. The topological polar surface area (TPSA) is 97.0 Å². The van der Waals surface area contributed by atoms with Crippen LogP contribution in [-0.4, -0.2) is 55.2 Å². The number of fused-ring (bicyclic) bond motifs is 1. The highest BCUT2D eigenvalue weighted by Gasteiger charge is 2.24. The number of carbonyl (C=O) groups is 3. The number of piperidine rings is 1. The lowest BCUT2D eigenvalue weighted by molar-refractivity contribution is -0.124. The van der Waals surface area contributed by atoms with E-state index >= 15 is 0 Å². The maximum absolute atomic E-state index is 12.1. The summed E-state index contributed by atoms with van der Waals surface area (Å²) in [5.41, 5.74) is 1.82. The Morgan fingerprint density at radius 1 is 1.26 bits per heavy atom. The molecule has 0 saturated carbocycles. The molecule has 0 aliphatic carbocycles. The van der Waals surface area contributed by atoms with Crippen molar-refractivity contribution in [1.82, 2.24) is 10.2 Å². The number of ether oxygens (including phenoxy) is 2. The van der Waals surface area contributed by atoms with Gasteiger partial charge in [-0.05, 0) is 49.9 Å². The van der Waals surface area contributed by atoms with Gasteiger partial charge in [0.2, 0.25) is 5.91 Å². The van der Waals surface area contributed by atoms with Crippen LogP contribution in [-0.2, 0) is 20.7 Å². The van der Waals surface area contributed by atoms with E-state index in [1.54, 1.807) is 24.0 Å². The third-order valence-electron chi connectivity index (χ3n) is 4.73. The van der Waals surface area contributed by atoms with Crippen molar-refractivity contribution < 1.29 is 23.9 Å². The maximum atomic E-state index is 12.1. The van der Waals surface area contributed by atoms with Crippen LogP contribution in [0.15, 0.2) is 18.2 Å². The van der Waals surface area contributed by atoms with Gasteiger partial charge in [-0.25, -0.2) is 4.79 Å². The first-order valence-electron chi connectivity index (χ1n) is 9.32. The summed E-state index contributed by atoms with van der Waals surface area (Å²) in [5, 5.41) is 5.76. The van der Waals surface area contributed by atoms with Gasteiger partial charge < -0.3 is 25.0 Å². The Morgan fingerprint density at radius 3 is 2.78 bits per heavy atom. The summed E-state index contributed by atoms with van der Waals surface area (Å²) < 4.78 is 10.6. The zero-order valence-electron chi connectivity index (χ0n) is 15.5. The number of amides is 3. The van der Waals surface area contributed by atoms with Crippen LogP contribution in [0.5, 0.6) is 5.75 Å². The van der Waals surface area contributed by atoms with E-state index in [4.69, 9.17) is 9.47 Å². The van der Waals surface area contributed by atoms with Gasteiger partial charge in [0.25, 0.3) is 5.91 Å². The lowest BCUT2D eigenvalue weighted by Crippen LogP contribution is -2.47. The highest BCUT2D eigenvalue weighted by Crippen LogP contribution is 2.26. The molecule has 3 rings (SSSR count). The van der Waals surface area contributed by atoms with Crippen molar-refractivity contribution in [2.24, 2.45) is 0 Å². The number of nitrogens with one attached hydrogen (secondary N) is 2. The quantitative estimate of drug-likeness (QED) is 0.816. The molecule has 0 atom stereocenters. The minimum atomic E-state index is -0.297. The highest BCUT2D eigenvalue weighted by molar-refractivity contribution is 5.94. The van der Waals surface area contributed by atoms with Crippen LogP contribution in [0.2, 0.25) is 0 Å². The predicted octanol–water partition coefficient (Wildman–Crippen LogP) is 1.69. The normalized spacial score (nSPS) is 16.9. The first-order valence-corrected chi connectivity index (χ1v) is 9.32. The van der Waals surface area contributed by atoms with Crippen molar-refractivity contribution in [2.75, 3.05) is 31.6 Å². The zero-order chi connectivity index (χ0) is 19.2. The number of nitrogens with zero attached hydrogens (tertiary/aromatic N) is 1. The summed E-state index contributed by atoms with van der Waals surface area (Å²) in [5.74, 6) is 0.442. The fraction of sp³-hybridized carbons (Fsp3) is 0.526. The van der Waals surface area contributed by atoms with Gasteiger partial charge in [-0.3, -0.25) is 9.59 Å². The van der Waals surface area contributed by atoms with E-state index in [1.165, 1.54) is 0 Å². The maximum Gasteiger partial charge on any atom is 0.409 e. The van der Waals surface area contributed by atoms with Gasteiger partial charge in [0.1, 0.15) is 5.75 Å². The molecule has 8 nitrogen and oxygen atoms in total. The molecule has 2 aliphatic heterocycles. The van der Waals surface area contributed by atoms with Gasteiger partial charge >= 0.3 is 6.09 Å². The first kappa shape index (κ1) is 19.0. The molecule has 0 unspecified atom stereocenters. The van der Waals surface area contributed by atoms with Crippen LogP contribution in [0.1, 0.15) is 31.7 Å². The van der Waals surface area contributed by atoms with E-state index in [0.29, 0.717) is 51.1 Å². The molecule has 1 fully saturated rings. The van der Waals surface area contributed by atoms with E-state index in [-0.39, 0.29) is 30.6 Å². The number of aryl methyl sites for hydroxylation is 1. The highest BCUT2D eigenvalue weighted by atomic mass is 16.6. The Balaban J connectivity index is 1.42. The Labute approximate surface area is 158 Å². The summed E-state index contributed by atoms with van der Waals surface area (Å²) in [4.78, 5) is 36.9. The van der Waals surface area contributed by atoms with Gasteiger partial charge in [-0.15, -0.1) is 0 Å². The summed E-state index contributed by atoms with van der Waals surface area (Å²) in [6.07, 6.45) is 2.23. The average Bonchev–Trinajstić information content (AvgIpc) is 2.67. The summed E-state index contributed by atoms with van der Waals surface area (Å²) >= 11 is 0. The number of hydrogen-bond acceptors (Lipinski definition) is 5. The molecule has 2 N–H and O–H groups in total. The Morgan fingerprint density at radius 2 is 2.04 bits per heavy atom. The van der Waals surface area contributed by atoms with Crippen LogP contribution in [0.3, 0.4) is 0 Å². The lowest BCUT2D eigenvalue weighted by Gasteiger charge is -2.31. The molecule has 1 aromatic rings. The van der Waals surface area contributed by atoms with Gasteiger partial charge in [-0.2, -0.15) is 0 Å². The molecule has 0 radical (unpaired) electrons. The first-order chi connectivity index (χ1) is 13.0. The Bertz CT molecular complexity index is 713. The number of carbonyl (C=O) groups excluding carboxylic acids is 3. The van der Waals surface area contributed by atoms with E-state index in [1.807, 2.05) is 6.07 Å². The van der Waals surface area contributed by atoms with Crippen LogP contribution in [0.4, 0.5) is 10.5 Å².